The fourth-order valence-electron chi connectivity index (χ4n) is 4.93. The number of aromatic hydroxyl groups is 1. The summed E-state index contributed by atoms with van der Waals surface area (Å²) in [5.74, 6) is 0.288. The monoisotopic (exact) mass is 271 g/mol. The zero-order valence-electron chi connectivity index (χ0n) is 11.7. The van der Waals surface area contributed by atoms with Gasteiger partial charge >= 0.3 is 0 Å². The highest BCUT2D eigenvalue weighted by atomic mass is 16.3. The molecule has 1 aromatic carbocycles. The Balaban J connectivity index is 2.02. The Morgan fingerprint density at radius 1 is 1.30 bits per heavy atom. The summed E-state index contributed by atoms with van der Waals surface area (Å²) in [6, 6.07) is 5.72. The van der Waals surface area contributed by atoms with Crippen LogP contribution < -0.4 is 5.32 Å². The lowest BCUT2D eigenvalue weighted by Gasteiger charge is -2.61. The number of rotatable bonds is 0. The molecular formula is C17H21NO2. The summed E-state index contributed by atoms with van der Waals surface area (Å²) >= 11 is 0. The first kappa shape index (κ1) is 12.4. The van der Waals surface area contributed by atoms with E-state index in [4.69, 9.17) is 0 Å². The Bertz CT molecular complexity index is 597. The number of hydrogen-bond donors (Lipinski definition) is 3. The van der Waals surface area contributed by atoms with Gasteiger partial charge in [-0.05, 0) is 61.9 Å². The molecule has 4 rings (SSSR count). The molecule has 1 aromatic rings. The highest BCUT2D eigenvalue weighted by Crippen LogP contribution is 2.58. The fraction of sp³-hybridized carbons (Fsp3) is 0.529. The van der Waals surface area contributed by atoms with Gasteiger partial charge in [-0.15, -0.1) is 0 Å². The van der Waals surface area contributed by atoms with Gasteiger partial charge in [0.2, 0.25) is 0 Å². The molecule has 3 aliphatic rings. The van der Waals surface area contributed by atoms with E-state index in [1.165, 1.54) is 5.56 Å². The molecule has 3 atom stereocenters. The minimum absolute atomic E-state index is 0.102. The molecule has 3 heteroatoms. The Kier molecular flexibility index (Phi) is 2.40. The second-order valence-corrected chi connectivity index (χ2v) is 6.59. The molecule has 2 bridgehead atoms. The number of fused-ring (bicyclic) bond motifs is 1. The van der Waals surface area contributed by atoms with Gasteiger partial charge in [0.25, 0.3) is 0 Å². The van der Waals surface area contributed by atoms with E-state index in [1.54, 1.807) is 6.07 Å². The van der Waals surface area contributed by atoms with Crippen LogP contribution in [-0.2, 0) is 11.8 Å². The fourth-order valence-corrected chi connectivity index (χ4v) is 4.93. The average Bonchev–Trinajstić information content (AvgIpc) is 2.40. The summed E-state index contributed by atoms with van der Waals surface area (Å²) in [5, 5.41) is 24.9. The number of phenols is 1. The van der Waals surface area contributed by atoms with Crippen molar-refractivity contribution in [1.82, 2.24) is 5.32 Å². The number of hydrogen-bond acceptors (Lipinski definition) is 3. The Morgan fingerprint density at radius 2 is 2.15 bits per heavy atom. The van der Waals surface area contributed by atoms with Crippen molar-refractivity contribution in [2.75, 3.05) is 6.54 Å². The van der Waals surface area contributed by atoms with E-state index in [2.05, 4.69) is 11.9 Å². The van der Waals surface area contributed by atoms with Crippen LogP contribution in [0.4, 0.5) is 0 Å². The lowest BCUT2D eigenvalue weighted by molar-refractivity contribution is -0.103. The van der Waals surface area contributed by atoms with Gasteiger partial charge in [0.15, 0.2) is 0 Å². The van der Waals surface area contributed by atoms with Gasteiger partial charge in [0, 0.05) is 11.5 Å². The normalized spacial score (nSPS) is 39.0. The number of aliphatic hydroxyl groups is 1. The molecule has 0 radical (unpaired) electrons. The van der Waals surface area contributed by atoms with Gasteiger partial charge in [-0.2, -0.15) is 0 Å². The van der Waals surface area contributed by atoms with Crippen LogP contribution in [0.3, 0.4) is 0 Å². The number of piperidine rings is 1. The molecule has 106 valence electrons. The molecule has 3 N–H and O–H groups in total. The molecule has 2 aliphatic carbocycles. The molecule has 1 saturated heterocycles. The predicted octanol–water partition coefficient (Wildman–Crippen LogP) is 2.02. The van der Waals surface area contributed by atoms with Crippen LogP contribution in [0.2, 0.25) is 0 Å². The van der Waals surface area contributed by atoms with Gasteiger partial charge in [-0.1, -0.05) is 18.2 Å². The maximum Gasteiger partial charge on any atom is 0.115 e. The minimum atomic E-state index is -0.749. The molecule has 0 amide bonds. The van der Waals surface area contributed by atoms with Crippen molar-refractivity contribution in [1.29, 1.82) is 0 Å². The molecule has 3 nitrogen and oxygen atoms in total. The van der Waals surface area contributed by atoms with Crippen LogP contribution in [0.5, 0.6) is 5.75 Å². The van der Waals surface area contributed by atoms with Gasteiger partial charge in [-0.3, -0.25) is 0 Å². The highest BCUT2D eigenvalue weighted by molar-refractivity contribution is 5.53. The second kappa shape index (κ2) is 3.86. The van der Waals surface area contributed by atoms with Crippen molar-refractivity contribution in [3.8, 4) is 5.75 Å². The van der Waals surface area contributed by atoms with Crippen LogP contribution in [0.1, 0.15) is 36.8 Å². The predicted molar refractivity (Wildman–Crippen MR) is 77.8 cm³/mol. The first-order valence-corrected chi connectivity index (χ1v) is 7.54. The Labute approximate surface area is 119 Å². The first-order chi connectivity index (χ1) is 9.58. The number of benzene rings is 1. The maximum absolute atomic E-state index is 11.5. The van der Waals surface area contributed by atoms with E-state index in [0.717, 1.165) is 49.8 Å². The molecule has 1 saturated carbocycles. The molecular weight excluding hydrogens is 250 g/mol. The molecule has 1 unspecified atom stereocenters. The van der Waals surface area contributed by atoms with Gasteiger partial charge in [0.1, 0.15) is 5.75 Å². The maximum atomic E-state index is 11.5. The summed E-state index contributed by atoms with van der Waals surface area (Å²) < 4.78 is 0. The molecule has 2 fully saturated rings. The summed E-state index contributed by atoms with van der Waals surface area (Å²) in [7, 11) is 0. The van der Waals surface area contributed by atoms with E-state index < -0.39 is 5.60 Å². The van der Waals surface area contributed by atoms with E-state index in [9.17, 15) is 10.2 Å². The third-order valence-corrected chi connectivity index (χ3v) is 5.82. The molecule has 0 spiro atoms. The van der Waals surface area contributed by atoms with E-state index >= 15 is 0 Å². The van der Waals surface area contributed by atoms with Crippen LogP contribution in [0.25, 0.3) is 0 Å². The summed E-state index contributed by atoms with van der Waals surface area (Å²) in [6.07, 6.45) is 4.50. The smallest absolute Gasteiger partial charge is 0.115 e. The summed E-state index contributed by atoms with van der Waals surface area (Å²) in [6.45, 7) is 5.22. The lowest BCUT2D eigenvalue weighted by Crippen LogP contribution is -2.72. The first-order valence-electron chi connectivity index (χ1n) is 7.54. The highest BCUT2D eigenvalue weighted by Gasteiger charge is 2.62. The lowest BCUT2D eigenvalue weighted by atomic mass is 9.48. The number of phenolic OH excluding ortho intramolecular Hbond substituents is 1. The molecule has 1 heterocycles. The van der Waals surface area contributed by atoms with Crippen molar-refractivity contribution in [3.63, 3.8) is 0 Å². The third kappa shape index (κ3) is 1.28. The summed E-state index contributed by atoms with van der Waals surface area (Å²) in [4.78, 5) is 0. The van der Waals surface area contributed by atoms with Crippen molar-refractivity contribution >= 4 is 0 Å². The largest absolute Gasteiger partial charge is 0.508 e. The third-order valence-electron chi connectivity index (χ3n) is 5.82. The Hall–Kier alpha value is -1.32. The molecule has 1 aliphatic heterocycles. The van der Waals surface area contributed by atoms with E-state index in [-0.39, 0.29) is 17.2 Å². The van der Waals surface area contributed by atoms with E-state index in [1.807, 2.05) is 12.1 Å². The molecule has 0 aromatic heterocycles. The minimum Gasteiger partial charge on any atom is -0.508 e. The Morgan fingerprint density at radius 3 is 3.00 bits per heavy atom. The SMILES string of the molecule is C=C1CCCC2(O)[C@H]3Cc4ccc(O)cc4[C@@]12CCN3. The van der Waals surface area contributed by atoms with Crippen LogP contribution in [0, 0.1) is 0 Å². The van der Waals surface area contributed by atoms with Gasteiger partial charge < -0.3 is 15.5 Å². The van der Waals surface area contributed by atoms with Gasteiger partial charge in [-0.25, -0.2) is 0 Å². The van der Waals surface area contributed by atoms with Crippen molar-refractivity contribution in [3.05, 3.63) is 41.5 Å². The van der Waals surface area contributed by atoms with E-state index in [0.29, 0.717) is 0 Å². The average molecular weight is 271 g/mol. The zero-order chi connectivity index (χ0) is 14.0. The second-order valence-electron chi connectivity index (χ2n) is 6.59. The van der Waals surface area contributed by atoms with Gasteiger partial charge in [0.05, 0.1) is 5.60 Å². The van der Waals surface area contributed by atoms with Crippen LogP contribution in [-0.4, -0.2) is 28.4 Å². The topological polar surface area (TPSA) is 52.5 Å². The van der Waals surface area contributed by atoms with Crippen molar-refractivity contribution in [2.24, 2.45) is 0 Å². The molecule has 20 heavy (non-hydrogen) atoms. The summed E-state index contributed by atoms with van der Waals surface area (Å²) in [5.41, 5.74) is 2.38. The van der Waals surface area contributed by atoms with Crippen molar-refractivity contribution < 1.29 is 10.2 Å². The number of nitrogens with one attached hydrogen (secondary N) is 1. The quantitative estimate of drug-likeness (QED) is 0.633. The van der Waals surface area contributed by atoms with Crippen LogP contribution in [0.15, 0.2) is 30.4 Å². The zero-order valence-corrected chi connectivity index (χ0v) is 11.7. The van der Waals surface area contributed by atoms with Crippen molar-refractivity contribution in [2.45, 2.75) is 49.2 Å². The van der Waals surface area contributed by atoms with Crippen LogP contribution >= 0.6 is 0 Å². The standard InChI is InChI=1S/C17H21NO2/c1-11-3-2-6-17(20)15-9-12-4-5-13(19)10-14(12)16(11,17)7-8-18-15/h4-5,10,15,18-20H,1-3,6-9H2/t15-,16-,17?/m1/s1.